The largest absolute Gasteiger partial charge is 0.444 e. The number of nitrogens with zero attached hydrogens (tertiary/aromatic N) is 2. The van der Waals surface area contributed by atoms with Gasteiger partial charge in [-0.3, -0.25) is 4.90 Å². The summed E-state index contributed by atoms with van der Waals surface area (Å²) in [5.41, 5.74) is 8.57. The molecule has 150 valence electrons. The quantitative estimate of drug-likeness (QED) is 0.870. The molecule has 1 aliphatic heterocycles. The summed E-state index contributed by atoms with van der Waals surface area (Å²) in [6.45, 7) is 8.49. The highest BCUT2D eigenvalue weighted by molar-refractivity contribution is 5.68. The van der Waals surface area contributed by atoms with Crippen LogP contribution in [0.2, 0.25) is 0 Å². The van der Waals surface area contributed by atoms with E-state index in [1.807, 2.05) is 45.0 Å². The van der Waals surface area contributed by atoms with Crippen molar-refractivity contribution in [1.29, 1.82) is 0 Å². The fourth-order valence-corrected chi connectivity index (χ4v) is 3.66. The maximum atomic E-state index is 12.4. The smallest absolute Gasteiger partial charge is 0.410 e. The Morgan fingerprint density at radius 2 is 1.39 bits per heavy atom. The molecule has 0 aromatic heterocycles. The monoisotopic (exact) mass is 381 g/mol. The van der Waals surface area contributed by atoms with Crippen LogP contribution in [0.1, 0.15) is 44.0 Å². The van der Waals surface area contributed by atoms with Gasteiger partial charge in [0, 0.05) is 32.2 Å². The molecule has 28 heavy (non-hydrogen) atoms. The molecule has 1 amide bonds. The molecular formula is C23H31N3O2. The molecule has 1 saturated heterocycles. The fraction of sp³-hybridized carbons (Fsp3) is 0.435. The van der Waals surface area contributed by atoms with E-state index < -0.39 is 5.60 Å². The van der Waals surface area contributed by atoms with E-state index in [2.05, 4.69) is 41.3 Å². The van der Waals surface area contributed by atoms with Gasteiger partial charge in [-0.25, -0.2) is 4.79 Å². The first kappa shape index (κ1) is 20.4. The predicted molar refractivity (Wildman–Crippen MR) is 112 cm³/mol. The van der Waals surface area contributed by atoms with Crippen molar-refractivity contribution in [2.75, 3.05) is 26.2 Å². The molecule has 1 fully saturated rings. The number of benzene rings is 2. The lowest BCUT2D eigenvalue weighted by Gasteiger charge is -2.42. The van der Waals surface area contributed by atoms with Gasteiger partial charge in [0.25, 0.3) is 0 Å². The zero-order valence-electron chi connectivity index (χ0n) is 17.0. The van der Waals surface area contributed by atoms with Gasteiger partial charge < -0.3 is 15.4 Å². The van der Waals surface area contributed by atoms with Gasteiger partial charge in [-0.1, -0.05) is 60.7 Å². The summed E-state index contributed by atoms with van der Waals surface area (Å²) >= 11 is 0. The van der Waals surface area contributed by atoms with Crippen LogP contribution in [0.4, 0.5) is 4.79 Å². The minimum absolute atomic E-state index is 0.0596. The van der Waals surface area contributed by atoms with Gasteiger partial charge in [-0.2, -0.15) is 0 Å². The Morgan fingerprint density at radius 1 is 0.893 bits per heavy atom. The van der Waals surface area contributed by atoms with E-state index in [-0.39, 0.29) is 18.2 Å². The van der Waals surface area contributed by atoms with Crippen molar-refractivity contribution in [1.82, 2.24) is 9.80 Å². The molecule has 0 spiro atoms. The standard InChI is InChI=1S/C23H31N3O2/c1-23(2,3)28-22(27)26-16-14-25(15-17-26)21(19-12-8-5-9-13-19)20(24)18-10-6-4-7-11-18/h4-13,20-21H,14-17,24H2,1-3H3/t20-,21-/m1/s1. The topological polar surface area (TPSA) is 58.8 Å². The maximum absolute atomic E-state index is 12.4. The number of carbonyl (C=O) groups excluding carboxylic acids is 1. The van der Waals surface area contributed by atoms with Gasteiger partial charge in [0.1, 0.15) is 5.60 Å². The summed E-state index contributed by atoms with van der Waals surface area (Å²) in [6.07, 6.45) is -0.240. The van der Waals surface area contributed by atoms with Crippen LogP contribution in [-0.4, -0.2) is 47.7 Å². The second-order valence-electron chi connectivity index (χ2n) is 8.30. The molecule has 2 aromatic carbocycles. The van der Waals surface area contributed by atoms with Crippen LogP contribution in [0, 0.1) is 0 Å². The Balaban J connectivity index is 1.75. The van der Waals surface area contributed by atoms with E-state index in [4.69, 9.17) is 10.5 Å². The number of hydrogen-bond donors (Lipinski definition) is 1. The third-order valence-electron chi connectivity index (χ3n) is 5.03. The third kappa shape index (κ3) is 5.12. The van der Waals surface area contributed by atoms with Crippen LogP contribution in [0.3, 0.4) is 0 Å². The molecule has 0 saturated carbocycles. The first-order valence-corrected chi connectivity index (χ1v) is 9.92. The second kappa shape index (κ2) is 8.76. The Bertz CT molecular complexity index is 750. The van der Waals surface area contributed by atoms with Crippen LogP contribution >= 0.6 is 0 Å². The van der Waals surface area contributed by atoms with Gasteiger partial charge in [0.05, 0.1) is 6.04 Å². The summed E-state index contributed by atoms with van der Waals surface area (Å²) in [4.78, 5) is 16.5. The molecule has 0 aliphatic carbocycles. The molecule has 1 aliphatic rings. The summed E-state index contributed by atoms with van der Waals surface area (Å²) < 4.78 is 5.52. The molecule has 0 bridgehead atoms. The van der Waals surface area contributed by atoms with Crippen molar-refractivity contribution in [2.45, 2.75) is 38.5 Å². The number of piperazine rings is 1. The van der Waals surface area contributed by atoms with E-state index in [0.29, 0.717) is 13.1 Å². The molecule has 2 aromatic rings. The molecule has 5 heteroatoms. The number of carbonyl (C=O) groups is 1. The number of hydrogen-bond acceptors (Lipinski definition) is 4. The van der Waals surface area contributed by atoms with Gasteiger partial charge in [0.15, 0.2) is 0 Å². The highest BCUT2D eigenvalue weighted by atomic mass is 16.6. The first-order valence-electron chi connectivity index (χ1n) is 9.92. The van der Waals surface area contributed by atoms with E-state index in [1.165, 1.54) is 5.56 Å². The average molecular weight is 382 g/mol. The van der Waals surface area contributed by atoms with E-state index in [9.17, 15) is 4.79 Å². The van der Waals surface area contributed by atoms with Crippen molar-refractivity contribution in [3.05, 3.63) is 71.8 Å². The predicted octanol–water partition coefficient (Wildman–Crippen LogP) is 3.98. The van der Waals surface area contributed by atoms with Crippen LogP contribution in [0.5, 0.6) is 0 Å². The van der Waals surface area contributed by atoms with Crippen molar-refractivity contribution in [3.63, 3.8) is 0 Å². The van der Waals surface area contributed by atoms with Crippen LogP contribution in [0.15, 0.2) is 60.7 Å². The molecule has 5 nitrogen and oxygen atoms in total. The number of amides is 1. The molecule has 2 atom stereocenters. The highest BCUT2D eigenvalue weighted by Crippen LogP contribution is 2.33. The van der Waals surface area contributed by atoms with Crippen molar-refractivity contribution >= 4 is 6.09 Å². The van der Waals surface area contributed by atoms with Gasteiger partial charge in [0.2, 0.25) is 0 Å². The lowest BCUT2D eigenvalue weighted by molar-refractivity contribution is 0.00872. The fourth-order valence-electron chi connectivity index (χ4n) is 3.66. The van der Waals surface area contributed by atoms with Gasteiger partial charge >= 0.3 is 6.09 Å². The maximum Gasteiger partial charge on any atom is 0.410 e. The van der Waals surface area contributed by atoms with Crippen LogP contribution in [0.25, 0.3) is 0 Å². The Labute approximate surface area is 168 Å². The molecule has 0 radical (unpaired) electrons. The number of ether oxygens (including phenoxy) is 1. The van der Waals surface area contributed by atoms with Crippen LogP contribution < -0.4 is 5.73 Å². The van der Waals surface area contributed by atoms with E-state index in [0.717, 1.165) is 18.7 Å². The summed E-state index contributed by atoms with van der Waals surface area (Å²) in [7, 11) is 0. The lowest BCUT2D eigenvalue weighted by Crippen LogP contribution is -2.52. The molecule has 1 heterocycles. The van der Waals surface area contributed by atoms with E-state index in [1.54, 1.807) is 4.90 Å². The minimum Gasteiger partial charge on any atom is -0.444 e. The molecule has 3 rings (SSSR count). The van der Waals surface area contributed by atoms with Crippen LogP contribution in [-0.2, 0) is 4.74 Å². The SMILES string of the molecule is CC(C)(C)OC(=O)N1CCN([C@H](c2ccccc2)[C@H](N)c2ccccc2)CC1. The Hall–Kier alpha value is -2.37. The first-order chi connectivity index (χ1) is 13.3. The zero-order valence-corrected chi connectivity index (χ0v) is 17.0. The van der Waals surface area contributed by atoms with E-state index >= 15 is 0 Å². The second-order valence-corrected chi connectivity index (χ2v) is 8.30. The lowest BCUT2D eigenvalue weighted by atomic mass is 9.92. The van der Waals surface area contributed by atoms with Crippen molar-refractivity contribution in [2.24, 2.45) is 5.73 Å². The third-order valence-corrected chi connectivity index (χ3v) is 5.03. The van der Waals surface area contributed by atoms with Crippen molar-refractivity contribution < 1.29 is 9.53 Å². The van der Waals surface area contributed by atoms with Gasteiger partial charge in [-0.05, 0) is 31.9 Å². The summed E-state index contributed by atoms with van der Waals surface area (Å²) in [6, 6.07) is 20.5. The summed E-state index contributed by atoms with van der Waals surface area (Å²) in [5.74, 6) is 0. The summed E-state index contributed by atoms with van der Waals surface area (Å²) in [5, 5.41) is 0. The zero-order chi connectivity index (χ0) is 20.1. The number of nitrogens with two attached hydrogens (primary N) is 1. The van der Waals surface area contributed by atoms with Crippen molar-refractivity contribution in [3.8, 4) is 0 Å². The Morgan fingerprint density at radius 3 is 1.89 bits per heavy atom. The highest BCUT2D eigenvalue weighted by Gasteiger charge is 2.32. The molecular weight excluding hydrogens is 350 g/mol. The van der Waals surface area contributed by atoms with Gasteiger partial charge in [-0.15, -0.1) is 0 Å². The normalized spacial score (nSPS) is 17.8. The molecule has 2 N–H and O–H groups in total. The number of rotatable bonds is 4. The average Bonchev–Trinajstić information content (AvgIpc) is 2.69. The minimum atomic E-state index is -0.476. The molecule has 0 unspecified atom stereocenters. The Kier molecular flexibility index (Phi) is 6.37.